The third-order valence-corrected chi connectivity index (χ3v) is 6.28. The number of pyridine rings is 1. The largest absolute Gasteiger partial charge is 0.456 e. The van der Waals surface area contributed by atoms with E-state index in [0.29, 0.717) is 39.2 Å². The van der Waals surface area contributed by atoms with Crippen LogP contribution in [0, 0.1) is 0 Å². The van der Waals surface area contributed by atoms with Crippen molar-refractivity contribution in [3.05, 3.63) is 83.0 Å². The molecule has 1 N–H and O–H groups in total. The number of ether oxygens (including phenoxy) is 1. The number of hydrogen-bond acceptors (Lipinski definition) is 5. The molecule has 5 rings (SSSR count). The van der Waals surface area contributed by atoms with Gasteiger partial charge in [0, 0.05) is 29.4 Å². The number of aliphatic hydroxyl groups is 1. The highest BCUT2D eigenvalue weighted by atomic mass is 35.5. The lowest BCUT2D eigenvalue weighted by atomic mass is 10.1. The van der Waals surface area contributed by atoms with E-state index in [2.05, 4.69) is 9.97 Å². The number of nitrogens with zero attached hydrogens (tertiary/aromatic N) is 4. The van der Waals surface area contributed by atoms with E-state index in [1.54, 1.807) is 61.5 Å². The predicted molar refractivity (Wildman–Crippen MR) is 137 cm³/mol. The Labute approximate surface area is 211 Å². The van der Waals surface area contributed by atoms with Crippen LogP contribution in [0.1, 0.15) is 24.2 Å². The van der Waals surface area contributed by atoms with Crippen molar-refractivity contribution in [2.24, 2.45) is 0 Å². The molecule has 0 aliphatic heterocycles. The summed E-state index contributed by atoms with van der Waals surface area (Å²) in [5, 5.41) is 12.1. The van der Waals surface area contributed by atoms with Gasteiger partial charge in [0.2, 0.25) is 0 Å². The minimum atomic E-state index is -0.983. The second kappa shape index (κ2) is 9.00. The second-order valence-corrected chi connectivity index (χ2v) is 9.82. The number of benzene rings is 2. The van der Waals surface area contributed by atoms with Gasteiger partial charge in [0.05, 0.1) is 57.8 Å². The predicted octanol–water partition coefficient (Wildman–Crippen LogP) is 6.14. The standard InChI is InChI=1S/C26H22Cl2N4O3/c1-26(2,34)14-31-12-19(18-6-5-16(8-23(18)31)35-17-4-3-7-29-11-17)25(33)13-32-15-30-22-9-20(27)21(28)10-24(22)32/h3-12,15,34H,13-14H2,1-2H3. The number of imidazole rings is 1. The van der Waals surface area contributed by atoms with E-state index in [4.69, 9.17) is 27.9 Å². The third kappa shape index (κ3) is 4.89. The van der Waals surface area contributed by atoms with Crippen LogP contribution in [0.2, 0.25) is 10.0 Å². The summed E-state index contributed by atoms with van der Waals surface area (Å²) >= 11 is 12.3. The van der Waals surface area contributed by atoms with E-state index in [0.717, 1.165) is 16.4 Å². The average Bonchev–Trinajstić information content (AvgIpc) is 3.35. The Hall–Kier alpha value is -3.39. The topological polar surface area (TPSA) is 82.2 Å². The van der Waals surface area contributed by atoms with Gasteiger partial charge < -0.3 is 19.0 Å². The summed E-state index contributed by atoms with van der Waals surface area (Å²) in [5.41, 5.74) is 1.72. The summed E-state index contributed by atoms with van der Waals surface area (Å²) in [6.45, 7) is 3.82. The average molecular weight is 509 g/mol. The fraction of sp³-hybridized carbons (Fsp3) is 0.192. The van der Waals surface area contributed by atoms with Gasteiger partial charge in [0.25, 0.3) is 0 Å². The van der Waals surface area contributed by atoms with Gasteiger partial charge in [-0.2, -0.15) is 0 Å². The Morgan fingerprint density at radius 3 is 2.60 bits per heavy atom. The number of fused-ring (bicyclic) bond motifs is 2. The number of carbonyl (C=O) groups is 1. The molecule has 0 aliphatic carbocycles. The Bertz CT molecular complexity index is 1550. The van der Waals surface area contributed by atoms with Gasteiger partial charge in [-0.25, -0.2) is 4.98 Å². The number of ketones is 1. The molecule has 178 valence electrons. The summed E-state index contributed by atoms with van der Waals surface area (Å²) < 4.78 is 9.56. The smallest absolute Gasteiger partial charge is 0.184 e. The zero-order chi connectivity index (χ0) is 24.7. The molecule has 35 heavy (non-hydrogen) atoms. The van der Waals surface area contributed by atoms with E-state index in [1.165, 1.54) is 0 Å². The normalized spacial score (nSPS) is 11.9. The minimum absolute atomic E-state index is 0.0734. The SMILES string of the molecule is CC(C)(O)Cn1cc(C(=O)Cn2cnc3cc(Cl)c(Cl)cc32)c2ccc(Oc3cccnc3)cc21. The fourth-order valence-corrected chi connectivity index (χ4v) is 4.38. The molecule has 0 aliphatic rings. The summed E-state index contributed by atoms with van der Waals surface area (Å²) in [4.78, 5) is 21.9. The van der Waals surface area contributed by atoms with Crippen LogP contribution < -0.4 is 4.74 Å². The van der Waals surface area contributed by atoms with E-state index in [-0.39, 0.29) is 12.3 Å². The van der Waals surface area contributed by atoms with Crippen LogP contribution in [0.3, 0.4) is 0 Å². The highest BCUT2D eigenvalue weighted by molar-refractivity contribution is 6.42. The summed E-state index contributed by atoms with van der Waals surface area (Å²) in [7, 11) is 0. The molecular weight excluding hydrogens is 487 g/mol. The molecule has 5 aromatic rings. The summed E-state index contributed by atoms with van der Waals surface area (Å²) in [6.07, 6.45) is 6.69. The first-order valence-electron chi connectivity index (χ1n) is 10.9. The first-order valence-corrected chi connectivity index (χ1v) is 11.7. The van der Waals surface area contributed by atoms with Gasteiger partial charge in [-0.3, -0.25) is 9.78 Å². The lowest BCUT2D eigenvalue weighted by Crippen LogP contribution is -2.25. The van der Waals surface area contributed by atoms with E-state index in [1.807, 2.05) is 28.8 Å². The molecule has 2 aromatic carbocycles. The maximum Gasteiger partial charge on any atom is 0.184 e. The van der Waals surface area contributed by atoms with Gasteiger partial charge in [-0.1, -0.05) is 23.2 Å². The van der Waals surface area contributed by atoms with Crippen molar-refractivity contribution >= 4 is 50.9 Å². The molecule has 3 heterocycles. The highest BCUT2D eigenvalue weighted by Gasteiger charge is 2.21. The number of aromatic nitrogens is 4. The van der Waals surface area contributed by atoms with Crippen LogP contribution in [0.25, 0.3) is 21.9 Å². The molecule has 3 aromatic heterocycles. The van der Waals surface area contributed by atoms with Crippen LogP contribution in [0.15, 0.2) is 67.4 Å². The Morgan fingerprint density at radius 1 is 1.06 bits per heavy atom. The lowest BCUT2D eigenvalue weighted by Gasteiger charge is -2.18. The molecule has 0 saturated heterocycles. The van der Waals surface area contributed by atoms with Crippen molar-refractivity contribution in [3.63, 3.8) is 0 Å². The van der Waals surface area contributed by atoms with Crippen LogP contribution in [0.5, 0.6) is 11.5 Å². The lowest BCUT2D eigenvalue weighted by molar-refractivity contribution is 0.0627. The van der Waals surface area contributed by atoms with Crippen LogP contribution >= 0.6 is 23.2 Å². The molecule has 0 amide bonds. The first-order chi connectivity index (χ1) is 16.7. The fourth-order valence-electron chi connectivity index (χ4n) is 4.07. The zero-order valence-corrected chi connectivity index (χ0v) is 20.6. The van der Waals surface area contributed by atoms with Gasteiger partial charge in [-0.05, 0) is 50.2 Å². The van der Waals surface area contributed by atoms with Crippen molar-refractivity contribution in [3.8, 4) is 11.5 Å². The van der Waals surface area contributed by atoms with Crippen molar-refractivity contribution in [2.45, 2.75) is 32.5 Å². The maximum atomic E-state index is 13.5. The Morgan fingerprint density at radius 2 is 1.86 bits per heavy atom. The van der Waals surface area contributed by atoms with Gasteiger partial charge >= 0.3 is 0 Å². The third-order valence-electron chi connectivity index (χ3n) is 5.56. The number of Topliss-reactive ketones (excluding diaryl/α,β-unsaturated/α-hetero) is 1. The number of hydrogen-bond donors (Lipinski definition) is 1. The van der Waals surface area contributed by atoms with Gasteiger partial charge in [0.1, 0.15) is 11.5 Å². The molecule has 0 spiro atoms. The molecule has 0 bridgehead atoms. The Kier molecular flexibility index (Phi) is 6.01. The summed E-state index contributed by atoms with van der Waals surface area (Å²) in [5.74, 6) is 1.11. The second-order valence-electron chi connectivity index (χ2n) is 9.00. The molecule has 0 unspecified atom stereocenters. The molecule has 9 heteroatoms. The number of carbonyl (C=O) groups excluding carboxylic acids is 1. The number of halogens is 2. The molecule has 7 nitrogen and oxygen atoms in total. The van der Waals surface area contributed by atoms with E-state index >= 15 is 0 Å². The Balaban J connectivity index is 1.52. The van der Waals surface area contributed by atoms with E-state index < -0.39 is 5.60 Å². The monoisotopic (exact) mass is 508 g/mol. The van der Waals surface area contributed by atoms with E-state index in [9.17, 15) is 9.90 Å². The first kappa shape index (κ1) is 23.4. The van der Waals surface area contributed by atoms with Crippen LogP contribution in [0.4, 0.5) is 0 Å². The zero-order valence-electron chi connectivity index (χ0n) is 19.1. The highest BCUT2D eigenvalue weighted by Crippen LogP contribution is 2.31. The summed E-state index contributed by atoms with van der Waals surface area (Å²) in [6, 6.07) is 12.5. The van der Waals surface area contributed by atoms with Crippen molar-refractivity contribution in [2.75, 3.05) is 0 Å². The number of rotatable bonds is 7. The minimum Gasteiger partial charge on any atom is -0.456 e. The maximum absolute atomic E-state index is 13.5. The molecular formula is C26H22Cl2N4O3. The molecule has 0 saturated carbocycles. The molecule has 0 radical (unpaired) electrons. The molecule has 0 fully saturated rings. The van der Waals surface area contributed by atoms with Crippen molar-refractivity contribution in [1.29, 1.82) is 0 Å². The van der Waals surface area contributed by atoms with Crippen LogP contribution in [-0.2, 0) is 13.1 Å². The quantitative estimate of drug-likeness (QED) is 0.267. The molecule has 0 atom stereocenters. The van der Waals surface area contributed by atoms with Crippen molar-refractivity contribution < 1.29 is 14.6 Å². The van der Waals surface area contributed by atoms with Crippen molar-refractivity contribution in [1.82, 2.24) is 19.1 Å². The van der Waals surface area contributed by atoms with Crippen LogP contribution in [-0.4, -0.2) is 35.6 Å². The van der Waals surface area contributed by atoms with Gasteiger partial charge in [0.15, 0.2) is 5.78 Å². The van der Waals surface area contributed by atoms with Gasteiger partial charge in [-0.15, -0.1) is 0 Å².